The topological polar surface area (TPSA) is 72.2 Å². The van der Waals surface area contributed by atoms with Crippen molar-refractivity contribution in [2.45, 2.75) is 6.54 Å². The highest BCUT2D eigenvalue weighted by atomic mass is 35.5. The number of nitrogens with zero attached hydrogens (tertiary/aromatic N) is 2. The zero-order valence-electron chi connectivity index (χ0n) is 13.5. The molecular formula is C20H13ClN2O3. The van der Waals surface area contributed by atoms with Crippen LogP contribution >= 0.6 is 11.6 Å². The summed E-state index contributed by atoms with van der Waals surface area (Å²) in [7, 11) is 0. The van der Waals surface area contributed by atoms with Crippen molar-refractivity contribution in [3.8, 4) is 11.1 Å². The summed E-state index contributed by atoms with van der Waals surface area (Å²) in [4.78, 5) is 28.7. The fourth-order valence-corrected chi connectivity index (χ4v) is 3.54. The normalized spacial score (nSPS) is 11.1. The lowest BCUT2D eigenvalue weighted by Crippen LogP contribution is -2.16. The zero-order chi connectivity index (χ0) is 18.3. The van der Waals surface area contributed by atoms with Gasteiger partial charge in [0, 0.05) is 34.3 Å². The second kappa shape index (κ2) is 6.28. The van der Waals surface area contributed by atoms with Gasteiger partial charge in [0.1, 0.15) is 6.54 Å². The standard InChI is InChI=1S/C20H13ClN2O3/c21-15-8-7-14-19(18(15)12-4-3-9-22-10-12)23(11-17(24)25)16-6-2-1-5-13(16)20(14)26/h1-10H,11H2,(H,24,25). The molecule has 4 rings (SSSR count). The van der Waals surface area contributed by atoms with E-state index in [9.17, 15) is 14.7 Å². The zero-order valence-corrected chi connectivity index (χ0v) is 14.3. The van der Waals surface area contributed by atoms with Crippen LogP contribution in [0.3, 0.4) is 0 Å². The Balaban J connectivity index is 2.28. The van der Waals surface area contributed by atoms with Gasteiger partial charge in [-0.3, -0.25) is 14.6 Å². The lowest BCUT2D eigenvalue weighted by Gasteiger charge is -2.17. The van der Waals surface area contributed by atoms with E-state index < -0.39 is 5.97 Å². The Morgan fingerprint density at radius 3 is 2.62 bits per heavy atom. The number of fused-ring (bicyclic) bond motifs is 2. The Morgan fingerprint density at radius 2 is 1.88 bits per heavy atom. The van der Waals surface area contributed by atoms with Crippen LogP contribution in [0, 0.1) is 0 Å². The third-order valence-electron chi connectivity index (χ3n) is 4.32. The molecule has 0 saturated carbocycles. The van der Waals surface area contributed by atoms with Gasteiger partial charge in [0.25, 0.3) is 0 Å². The molecule has 2 aromatic carbocycles. The van der Waals surface area contributed by atoms with E-state index in [2.05, 4.69) is 4.98 Å². The number of aromatic nitrogens is 2. The minimum absolute atomic E-state index is 0.154. The molecule has 0 aliphatic carbocycles. The maximum atomic E-state index is 13.0. The Morgan fingerprint density at radius 1 is 1.08 bits per heavy atom. The van der Waals surface area contributed by atoms with Gasteiger partial charge in [0.15, 0.2) is 5.43 Å². The minimum Gasteiger partial charge on any atom is -0.480 e. The van der Waals surface area contributed by atoms with Crippen LogP contribution < -0.4 is 5.43 Å². The van der Waals surface area contributed by atoms with Crippen LogP contribution in [-0.4, -0.2) is 20.6 Å². The van der Waals surface area contributed by atoms with Gasteiger partial charge in [0.2, 0.25) is 0 Å². The molecule has 0 radical (unpaired) electrons. The highest BCUT2D eigenvalue weighted by molar-refractivity contribution is 6.35. The predicted molar refractivity (Wildman–Crippen MR) is 102 cm³/mol. The third-order valence-corrected chi connectivity index (χ3v) is 4.64. The van der Waals surface area contributed by atoms with E-state index in [0.29, 0.717) is 32.4 Å². The molecule has 0 atom stereocenters. The number of carbonyl (C=O) groups is 1. The van der Waals surface area contributed by atoms with Gasteiger partial charge in [-0.15, -0.1) is 0 Å². The van der Waals surface area contributed by atoms with Crippen molar-refractivity contribution in [3.63, 3.8) is 0 Å². The van der Waals surface area contributed by atoms with Crippen LogP contribution in [0.2, 0.25) is 5.02 Å². The molecule has 0 unspecified atom stereocenters. The first-order valence-electron chi connectivity index (χ1n) is 7.94. The van der Waals surface area contributed by atoms with Crippen LogP contribution in [0.4, 0.5) is 0 Å². The second-order valence-electron chi connectivity index (χ2n) is 5.89. The quantitative estimate of drug-likeness (QED) is 0.558. The van der Waals surface area contributed by atoms with Crippen molar-refractivity contribution >= 4 is 39.4 Å². The molecule has 0 aliphatic rings. The second-order valence-corrected chi connectivity index (χ2v) is 6.29. The number of para-hydroxylation sites is 1. The molecule has 4 aromatic rings. The highest BCUT2D eigenvalue weighted by Crippen LogP contribution is 2.35. The predicted octanol–water partition coefficient (Wildman–Crippen LogP) is 3.95. The van der Waals surface area contributed by atoms with Gasteiger partial charge in [-0.1, -0.05) is 29.8 Å². The molecule has 2 heterocycles. The van der Waals surface area contributed by atoms with Crippen LogP contribution in [0.15, 0.2) is 65.7 Å². The van der Waals surface area contributed by atoms with Crippen molar-refractivity contribution in [1.82, 2.24) is 9.55 Å². The Kier molecular flexibility index (Phi) is 3.93. The largest absolute Gasteiger partial charge is 0.480 e. The van der Waals surface area contributed by atoms with E-state index in [1.807, 2.05) is 6.07 Å². The van der Waals surface area contributed by atoms with Gasteiger partial charge >= 0.3 is 5.97 Å². The maximum Gasteiger partial charge on any atom is 0.323 e. The van der Waals surface area contributed by atoms with Crippen LogP contribution in [0.25, 0.3) is 32.9 Å². The van der Waals surface area contributed by atoms with Gasteiger partial charge in [-0.25, -0.2) is 0 Å². The van der Waals surface area contributed by atoms with Crippen molar-refractivity contribution < 1.29 is 9.90 Å². The first-order chi connectivity index (χ1) is 12.6. The number of benzene rings is 2. The van der Waals surface area contributed by atoms with Gasteiger partial charge in [0.05, 0.1) is 16.1 Å². The van der Waals surface area contributed by atoms with Crippen molar-refractivity contribution in [3.05, 3.63) is 76.2 Å². The fraction of sp³-hybridized carbons (Fsp3) is 0.0500. The van der Waals surface area contributed by atoms with Gasteiger partial charge in [-0.05, 0) is 30.3 Å². The number of pyridine rings is 2. The van der Waals surface area contributed by atoms with E-state index in [0.717, 1.165) is 5.56 Å². The summed E-state index contributed by atoms with van der Waals surface area (Å²) in [5, 5.41) is 10.8. The highest BCUT2D eigenvalue weighted by Gasteiger charge is 2.18. The number of rotatable bonds is 3. The molecule has 0 bridgehead atoms. The van der Waals surface area contributed by atoms with Crippen molar-refractivity contribution in [2.75, 3.05) is 0 Å². The number of hydrogen-bond donors (Lipinski definition) is 1. The fourth-order valence-electron chi connectivity index (χ4n) is 3.28. The van der Waals surface area contributed by atoms with Crippen LogP contribution in [0.5, 0.6) is 0 Å². The number of hydrogen-bond acceptors (Lipinski definition) is 3. The Hall–Kier alpha value is -3.18. The lowest BCUT2D eigenvalue weighted by atomic mass is 10.0. The first kappa shape index (κ1) is 16.3. The molecule has 0 amide bonds. The molecule has 26 heavy (non-hydrogen) atoms. The molecule has 6 heteroatoms. The summed E-state index contributed by atoms with van der Waals surface area (Å²) in [5.74, 6) is -1.00. The molecule has 0 aliphatic heterocycles. The average Bonchev–Trinajstić information content (AvgIpc) is 2.65. The van der Waals surface area contributed by atoms with E-state index in [-0.39, 0.29) is 12.0 Å². The summed E-state index contributed by atoms with van der Waals surface area (Å²) in [6.45, 7) is -0.287. The van der Waals surface area contributed by atoms with Crippen molar-refractivity contribution in [2.24, 2.45) is 0 Å². The molecule has 1 N–H and O–H groups in total. The number of carboxylic acids is 1. The summed E-state index contributed by atoms with van der Waals surface area (Å²) < 4.78 is 1.63. The monoisotopic (exact) mass is 364 g/mol. The summed E-state index contributed by atoms with van der Waals surface area (Å²) in [5.41, 5.74) is 2.22. The van der Waals surface area contributed by atoms with E-state index in [1.54, 1.807) is 59.4 Å². The third kappa shape index (κ3) is 2.53. The molecule has 0 saturated heterocycles. The van der Waals surface area contributed by atoms with E-state index >= 15 is 0 Å². The minimum atomic E-state index is -1.00. The summed E-state index contributed by atoms with van der Waals surface area (Å²) in [6, 6.07) is 13.9. The number of aliphatic carboxylic acids is 1. The molecule has 128 valence electrons. The van der Waals surface area contributed by atoms with Gasteiger partial charge in [-0.2, -0.15) is 0 Å². The SMILES string of the molecule is O=C(O)Cn1c2ccccc2c(=O)c2ccc(Cl)c(-c3cccnc3)c21. The maximum absolute atomic E-state index is 13.0. The lowest BCUT2D eigenvalue weighted by molar-refractivity contribution is -0.137. The van der Waals surface area contributed by atoms with Crippen molar-refractivity contribution in [1.29, 1.82) is 0 Å². The van der Waals surface area contributed by atoms with E-state index in [4.69, 9.17) is 11.6 Å². The van der Waals surface area contributed by atoms with Crippen LogP contribution in [-0.2, 0) is 11.3 Å². The first-order valence-corrected chi connectivity index (χ1v) is 8.31. The smallest absolute Gasteiger partial charge is 0.323 e. The average molecular weight is 365 g/mol. The van der Waals surface area contributed by atoms with Gasteiger partial charge < -0.3 is 9.67 Å². The number of halogens is 1. The van der Waals surface area contributed by atoms with E-state index in [1.165, 1.54) is 0 Å². The Bertz CT molecular complexity index is 1220. The molecule has 2 aromatic heterocycles. The molecular weight excluding hydrogens is 352 g/mol. The molecule has 0 fully saturated rings. The van der Waals surface area contributed by atoms with Crippen LogP contribution in [0.1, 0.15) is 0 Å². The summed E-state index contributed by atoms with van der Waals surface area (Å²) in [6.07, 6.45) is 3.29. The molecule has 5 nitrogen and oxygen atoms in total. The summed E-state index contributed by atoms with van der Waals surface area (Å²) >= 11 is 6.46. The number of carboxylic acid groups (broad SMARTS) is 1. The Labute approximate surface area is 153 Å². The molecule has 0 spiro atoms.